The fourth-order valence-electron chi connectivity index (χ4n) is 1.22. The number of aliphatic hydroxyl groups excluding tert-OH is 1. The van der Waals surface area contributed by atoms with Gasteiger partial charge in [-0.05, 0) is 25.5 Å². The number of carboxylic acid groups (broad SMARTS) is 3. The number of aliphatic carboxylic acids is 1. The smallest absolute Gasteiger partial charge is 0.336 e. The summed E-state index contributed by atoms with van der Waals surface area (Å²) in [5.41, 5.74) is -0.0981. The van der Waals surface area contributed by atoms with Gasteiger partial charge in [-0.25, -0.2) is 14.4 Å². The standard InChI is InChI=1S/C8H6O4.C6H10O3/c9-7(10)5-3-1-2-4-6(5)8(11)12;1-5(6(8)9)3-2-4-7/h1-4H,(H,9,10)(H,11,12);3,7H,2,4H2,1H3,(H,8,9). The number of hydrogen-bond donors (Lipinski definition) is 4. The average Bonchev–Trinajstić information content (AvgIpc) is 2.45. The van der Waals surface area contributed by atoms with Gasteiger partial charge in [-0.1, -0.05) is 18.2 Å². The Kier molecular flexibility index (Phi) is 8.09. The van der Waals surface area contributed by atoms with Gasteiger partial charge in [0.2, 0.25) is 0 Å². The van der Waals surface area contributed by atoms with Gasteiger partial charge in [-0.2, -0.15) is 0 Å². The molecule has 1 aromatic carbocycles. The second kappa shape index (κ2) is 9.27. The number of carboxylic acids is 3. The van der Waals surface area contributed by atoms with Crippen molar-refractivity contribution >= 4 is 17.9 Å². The van der Waals surface area contributed by atoms with E-state index in [0.29, 0.717) is 6.42 Å². The summed E-state index contributed by atoms with van der Waals surface area (Å²) in [6.45, 7) is 1.50. The first-order chi connectivity index (χ1) is 9.81. The molecule has 1 aromatic rings. The van der Waals surface area contributed by atoms with Gasteiger partial charge >= 0.3 is 17.9 Å². The third-order valence-electron chi connectivity index (χ3n) is 2.30. The van der Waals surface area contributed by atoms with Crippen LogP contribution in [-0.4, -0.2) is 44.9 Å². The average molecular weight is 296 g/mol. The van der Waals surface area contributed by atoms with Crippen LogP contribution in [-0.2, 0) is 4.79 Å². The molecule has 0 radical (unpaired) electrons. The normalized spacial score (nSPS) is 10.3. The summed E-state index contributed by atoms with van der Waals surface area (Å²) >= 11 is 0. The molecular weight excluding hydrogens is 280 g/mol. The van der Waals surface area contributed by atoms with Crippen LogP contribution in [0.5, 0.6) is 0 Å². The molecule has 7 nitrogen and oxygen atoms in total. The maximum Gasteiger partial charge on any atom is 0.336 e. The molecule has 0 bridgehead atoms. The van der Waals surface area contributed by atoms with Crippen LogP contribution in [0.3, 0.4) is 0 Å². The third kappa shape index (κ3) is 6.88. The fourth-order valence-corrected chi connectivity index (χ4v) is 1.22. The molecule has 7 heteroatoms. The molecule has 0 saturated carbocycles. The topological polar surface area (TPSA) is 132 Å². The van der Waals surface area contributed by atoms with Crippen molar-refractivity contribution in [3.63, 3.8) is 0 Å². The van der Waals surface area contributed by atoms with Gasteiger partial charge in [0.05, 0.1) is 11.1 Å². The number of hydrogen-bond acceptors (Lipinski definition) is 4. The summed E-state index contributed by atoms with van der Waals surface area (Å²) in [4.78, 5) is 31.0. The van der Waals surface area contributed by atoms with Crippen LogP contribution in [0.25, 0.3) is 0 Å². The van der Waals surface area contributed by atoms with Gasteiger partial charge in [-0.3, -0.25) is 0 Å². The van der Waals surface area contributed by atoms with E-state index in [1.165, 1.54) is 37.3 Å². The Morgan fingerprint density at radius 1 is 1.00 bits per heavy atom. The van der Waals surface area contributed by atoms with E-state index in [2.05, 4.69) is 0 Å². The van der Waals surface area contributed by atoms with Gasteiger partial charge in [-0.15, -0.1) is 0 Å². The second-order valence-corrected chi connectivity index (χ2v) is 3.86. The molecule has 21 heavy (non-hydrogen) atoms. The zero-order valence-electron chi connectivity index (χ0n) is 11.3. The van der Waals surface area contributed by atoms with Crippen LogP contribution in [0.2, 0.25) is 0 Å². The molecular formula is C14H16O7. The number of aliphatic hydroxyl groups is 1. The summed E-state index contributed by atoms with van der Waals surface area (Å²) in [5, 5.41) is 33.6. The third-order valence-corrected chi connectivity index (χ3v) is 2.30. The highest BCUT2D eigenvalue weighted by Crippen LogP contribution is 2.07. The molecule has 114 valence electrons. The molecule has 0 aliphatic heterocycles. The Morgan fingerprint density at radius 3 is 1.71 bits per heavy atom. The molecule has 0 amide bonds. The highest BCUT2D eigenvalue weighted by molar-refractivity contribution is 6.01. The van der Waals surface area contributed by atoms with Crippen molar-refractivity contribution in [3.8, 4) is 0 Å². The summed E-state index contributed by atoms with van der Waals surface area (Å²) in [6.07, 6.45) is 1.90. The molecule has 0 aliphatic rings. The zero-order chi connectivity index (χ0) is 16.4. The van der Waals surface area contributed by atoms with E-state index >= 15 is 0 Å². The predicted molar refractivity (Wildman–Crippen MR) is 73.5 cm³/mol. The van der Waals surface area contributed by atoms with Crippen molar-refractivity contribution in [2.24, 2.45) is 0 Å². The molecule has 4 N–H and O–H groups in total. The molecule has 0 saturated heterocycles. The minimum absolute atomic E-state index is 0.00458. The Morgan fingerprint density at radius 2 is 1.43 bits per heavy atom. The molecule has 0 spiro atoms. The van der Waals surface area contributed by atoms with E-state index in [1.807, 2.05) is 0 Å². The quantitative estimate of drug-likeness (QED) is 0.605. The van der Waals surface area contributed by atoms with E-state index in [0.717, 1.165) is 0 Å². The van der Waals surface area contributed by atoms with E-state index in [-0.39, 0.29) is 23.3 Å². The first kappa shape index (κ1) is 18.3. The summed E-state index contributed by atoms with van der Waals surface area (Å²) in [5.74, 6) is -3.38. The van der Waals surface area contributed by atoms with Gasteiger partial charge in [0.25, 0.3) is 0 Å². The van der Waals surface area contributed by atoms with Crippen LogP contribution >= 0.6 is 0 Å². The van der Waals surface area contributed by atoms with Gasteiger partial charge < -0.3 is 20.4 Å². The molecule has 0 fully saturated rings. The van der Waals surface area contributed by atoms with Gasteiger partial charge in [0.1, 0.15) is 0 Å². The fraction of sp³-hybridized carbons (Fsp3) is 0.214. The first-order valence-electron chi connectivity index (χ1n) is 5.87. The van der Waals surface area contributed by atoms with Crippen molar-refractivity contribution < 1.29 is 34.8 Å². The lowest BCUT2D eigenvalue weighted by Gasteiger charge is -1.98. The van der Waals surface area contributed by atoms with Crippen molar-refractivity contribution in [2.45, 2.75) is 13.3 Å². The molecule has 0 aliphatic carbocycles. The van der Waals surface area contributed by atoms with Crippen LogP contribution in [0.1, 0.15) is 34.1 Å². The summed E-state index contributed by atoms with van der Waals surface area (Å²) in [6, 6.07) is 5.48. The Balaban J connectivity index is 0.000000400. The van der Waals surface area contributed by atoms with Crippen LogP contribution in [0, 0.1) is 0 Å². The maximum atomic E-state index is 10.5. The van der Waals surface area contributed by atoms with Gasteiger partial charge in [0, 0.05) is 12.2 Å². The van der Waals surface area contributed by atoms with Crippen molar-refractivity contribution in [1.82, 2.24) is 0 Å². The summed E-state index contributed by atoms with van der Waals surface area (Å²) in [7, 11) is 0. The maximum absolute atomic E-state index is 10.5. The van der Waals surface area contributed by atoms with Crippen LogP contribution in [0.15, 0.2) is 35.9 Å². The zero-order valence-corrected chi connectivity index (χ0v) is 11.3. The van der Waals surface area contributed by atoms with E-state index < -0.39 is 17.9 Å². The Bertz CT molecular complexity index is 513. The largest absolute Gasteiger partial charge is 0.478 e. The lowest BCUT2D eigenvalue weighted by molar-refractivity contribution is -0.132. The van der Waals surface area contributed by atoms with Crippen molar-refractivity contribution in [1.29, 1.82) is 0 Å². The van der Waals surface area contributed by atoms with Crippen molar-refractivity contribution in [2.75, 3.05) is 6.61 Å². The molecule has 0 unspecified atom stereocenters. The molecule has 0 aromatic heterocycles. The van der Waals surface area contributed by atoms with E-state index in [4.69, 9.17) is 20.4 Å². The molecule has 0 heterocycles. The van der Waals surface area contributed by atoms with E-state index in [1.54, 1.807) is 0 Å². The minimum atomic E-state index is -1.23. The lowest BCUT2D eigenvalue weighted by Crippen LogP contribution is -2.06. The lowest BCUT2D eigenvalue weighted by atomic mass is 10.1. The van der Waals surface area contributed by atoms with E-state index in [9.17, 15) is 14.4 Å². The SMILES string of the molecule is CC(=CCCO)C(=O)O.O=C(O)c1ccccc1C(=O)O. The second-order valence-electron chi connectivity index (χ2n) is 3.86. The molecule has 0 atom stereocenters. The molecule has 1 rings (SSSR count). The van der Waals surface area contributed by atoms with Crippen LogP contribution < -0.4 is 0 Å². The number of benzene rings is 1. The predicted octanol–water partition coefficient (Wildman–Crippen LogP) is 1.48. The monoisotopic (exact) mass is 296 g/mol. The Hall–Kier alpha value is -2.67. The Labute approximate surface area is 120 Å². The highest BCUT2D eigenvalue weighted by atomic mass is 16.4. The first-order valence-corrected chi connectivity index (χ1v) is 5.87. The number of aromatic carboxylic acids is 2. The van der Waals surface area contributed by atoms with Crippen LogP contribution in [0.4, 0.5) is 0 Å². The highest BCUT2D eigenvalue weighted by Gasteiger charge is 2.13. The number of rotatable bonds is 5. The van der Waals surface area contributed by atoms with Crippen molar-refractivity contribution in [3.05, 3.63) is 47.0 Å². The minimum Gasteiger partial charge on any atom is -0.478 e. The summed E-state index contributed by atoms with van der Waals surface area (Å²) < 4.78 is 0. The number of carbonyl (C=O) groups is 3. The van der Waals surface area contributed by atoms with Gasteiger partial charge in [0.15, 0.2) is 0 Å².